The number of rotatable bonds is 6. The fraction of sp³-hybridized carbons (Fsp3) is 0.417. The molecule has 0 atom stereocenters. The minimum Gasteiger partial charge on any atom is -0.496 e. The van der Waals surface area contributed by atoms with Gasteiger partial charge in [0.05, 0.1) is 14.2 Å². The van der Waals surface area contributed by atoms with Crippen LogP contribution >= 0.6 is 0 Å². The lowest BCUT2D eigenvalue weighted by molar-refractivity contribution is -0.134. The van der Waals surface area contributed by atoms with Crippen molar-refractivity contribution in [3.8, 4) is 17.2 Å². The predicted octanol–water partition coefficient (Wildman–Crippen LogP) is 2.99. The molecule has 1 heterocycles. The normalized spacial score (nSPS) is 13.7. The van der Waals surface area contributed by atoms with Crippen molar-refractivity contribution in [2.24, 2.45) is 0 Å². The van der Waals surface area contributed by atoms with Crippen LogP contribution in [0.3, 0.4) is 0 Å². The van der Waals surface area contributed by atoms with Crippen LogP contribution in [0.2, 0.25) is 0 Å². The molecule has 0 spiro atoms. The van der Waals surface area contributed by atoms with Crippen molar-refractivity contribution in [2.45, 2.75) is 20.8 Å². The average Bonchev–Trinajstić information content (AvgIpc) is 2.80. The van der Waals surface area contributed by atoms with E-state index in [0.717, 1.165) is 22.4 Å². The minimum absolute atomic E-state index is 0.0145. The molecule has 7 heteroatoms. The highest BCUT2D eigenvalue weighted by Gasteiger charge is 2.28. The molecule has 0 N–H and O–H groups in total. The first-order chi connectivity index (χ1) is 14.9. The van der Waals surface area contributed by atoms with Gasteiger partial charge in [0.1, 0.15) is 22.8 Å². The molecule has 1 aliphatic rings. The third-order valence-corrected chi connectivity index (χ3v) is 5.77. The van der Waals surface area contributed by atoms with E-state index in [9.17, 15) is 9.59 Å². The number of carbonyl (C=O) groups excluding carboxylic acids is 2. The number of hydrogen-bond donors (Lipinski definition) is 0. The number of methoxy groups -OCH3 is 2. The van der Waals surface area contributed by atoms with E-state index in [4.69, 9.17) is 14.2 Å². The van der Waals surface area contributed by atoms with Crippen molar-refractivity contribution in [1.29, 1.82) is 0 Å². The second kappa shape index (κ2) is 9.73. The smallest absolute Gasteiger partial charge is 0.261 e. The molecule has 0 bridgehead atoms. The number of hydrogen-bond acceptors (Lipinski definition) is 5. The molecule has 1 fully saturated rings. The summed E-state index contributed by atoms with van der Waals surface area (Å²) in [6.45, 7) is 7.77. The zero-order valence-electron chi connectivity index (χ0n) is 18.9. The van der Waals surface area contributed by atoms with Crippen LogP contribution in [0.1, 0.15) is 27.0 Å². The number of benzene rings is 2. The number of aryl methyl sites for hydroxylation is 2. The maximum Gasteiger partial charge on any atom is 0.261 e. The van der Waals surface area contributed by atoms with Crippen LogP contribution in [0.4, 0.5) is 0 Å². The monoisotopic (exact) mass is 426 g/mol. The molecule has 2 amide bonds. The van der Waals surface area contributed by atoms with E-state index >= 15 is 0 Å². The molecule has 1 saturated heterocycles. The van der Waals surface area contributed by atoms with E-state index in [1.807, 2.05) is 32.9 Å². The number of ether oxygens (including phenoxy) is 3. The summed E-state index contributed by atoms with van der Waals surface area (Å²) in [5.74, 6) is 1.47. The molecule has 7 nitrogen and oxygen atoms in total. The van der Waals surface area contributed by atoms with Crippen LogP contribution in [0.5, 0.6) is 17.2 Å². The van der Waals surface area contributed by atoms with Gasteiger partial charge in [-0.2, -0.15) is 0 Å². The summed E-state index contributed by atoms with van der Waals surface area (Å²) in [7, 11) is 3.06. The SMILES string of the molecule is COc1cccc(OC)c1C(=O)N1CCN(C(=O)COc2c(C)ccc(C)c2C)CC1. The lowest BCUT2D eigenvalue weighted by Gasteiger charge is -2.35. The van der Waals surface area contributed by atoms with Gasteiger partial charge in [0.25, 0.3) is 11.8 Å². The van der Waals surface area contributed by atoms with Crippen molar-refractivity contribution in [3.05, 3.63) is 52.6 Å². The zero-order chi connectivity index (χ0) is 22.5. The largest absolute Gasteiger partial charge is 0.496 e. The summed E-state index contributed by atoms with van der Waals surface area (Å²) >= 11 is 0. The first kappa shape index (κ1) is 22.5. The van der Waals surface area contributed by atoms with Crippen molar-refractivity contribution in [2.75, 3.05) is 47.0 Å². The highest BCUT2D eigenvalue weighted by atomic mass is 16.5. The first-order valence-electron chi connectivity index (χ1n) is 10.3. The molecule has 1 aliphatic heterocycles. The van der Waals surface area contributed by atoms with E-state index < -0.39 is 0 Å². The molecule has 0 aromatic heterocycles. The Balaban J connectivity index is 1.61. The van der Waals surface area contributed by atoms with E-state index in [0.29, 0.717) is 43.2 Å². The summed E-state index contributed by atoms with van der Waals surface area (Å²) < 4.78 is 16.6. The second-order valence-electron chi connectivity index (χ2n) is 7.65. The van der Waals surface area contributed by atoms with Gasteiger partial charge in [-0.15, -0.1) is 0 Å². The van der Waals surface area contributed by atoms with Gasteiger partial charge in [-0.1, -0.05) is 18.2 Å². The highest BCUT2D eigenvalue weighted by molar-refractivity contribution is 6.00. The summed E-state index contributed by atoms with van der Waals surface area (Å²) in [5, 5.41) is 0. The molecule has 3 rings (SSSR count). The molecule has 0 radical (unpaired) electrons. The Hall–Kier alpha value is -3.22. The molecule has 0 aliphatic carbocycles. The number of nitrogens with zero attached hydrogens (tertiary/aromatic N) is 2. The lowest BCUT2D eigenvalue weighted by atomic mass is 10.1. The van der Waals surface area contributed by atoms with Crippen molar-refractivity contribution in [1.82, 2.24) is 9.80 Å². The summed E-state index contributed by atoms with van der Waals surface area (Å²) in [6.07, 6.45) is 0. The van der Waals surface area contributed by atoms with Crippen molar-refractivity contribution in [3.63, 3.8) is 0 Å². The minimum atomic E-state index is -0.163. The highest BCUT2D eigenvalue weighted by Crippen LogP contribution is 2.30. The van der Waals surface area contributed by atoms with E-state index in [-0.39, 0.29) is 18.4 Å². The van der Waals surface area contributed by atoms with Gasteiger partial charge < -0.3 is 24.0 Å². The lowest BCUT2D eigenvalue weighted by Crippen LogP contribution is -2.51. The van der Waals surface area contributed by atoms with E-state index in [2.05, 4.69) is 0 Å². The molecule has 0 saturated carbocycles. The van der Waals surface area contributed by atoms with Crippen LogP contribution in [0.25, 0.3) is 0 Å². The van der Waals surface area contributed by atoms with Crippen molar-refractivity contribution < 1.29 is 23.8 Å². The van der Waals surface area contributed by atoms with Crippen molar-refractivity contribution >= 4 is 11.8 Å². The van der Waals surface area contributed by atoms with Gasteiger partial charge in [0.15, 0.2) is 6.61 Å². The van der Waals surface area contributed by atoms with Crippen LogP contribution in [0, 0.1) is 20.8 Å². The van der Waals surface area contributed by atoms with E-state index in [1.165, 1.54) is 14.2 Å². The fourth-order valence-electron chi connectivity index (χ4n) is 3.75. The predicted molar refractivity (Wildman–Crippen MR) is 118 cm³/mol. The second-order valence-corrected chi connectivity index (χ2v) is 7.65. The Morgan fingerprint density at radius 1 is 0.839 bits per heavy atom. The van der Waals surface area contributed by atoms with Crippen LogP contribution in [0.15, 0.2) is 30.3 Å². The first-order valence-corrected chi connectivity index (χ1v) is 10.3. The van der Waals surface area contributed by atoms with E-state index in [1.54, 1.807) is 28.0 Å². The van der Waals surface area contributed by atoms with Gasteiger partial charge in [0.2, 0.25) is 0 Å². The standard InChI is InChI=1S/C24H30N2O5/c1-16-9-10-17(2)23(18(16)3)31-15-21(27)25-11-13-26(14-12-25)24(28)22-19(29-4)7-6-8-20(22)30-5/h6-10H,11-15H2,1-5H3. The molecule has 0 unspecified atom stereocenters. The van der Waals surface area contributed by atoms with Crippen LogP contribution < -0.4 is 14.2 Å². The Kier molecular flexibility index (Phi) is 7.05. The topological polar surface area (TPSA) is 68.3 Å². The number of piperazine rings is 1. The van der Waals surface area contributed by atoms with Crippen LogP contribution in [-0.2, 0) is 4.79 Å². The zero-order valence-corrected chi connectivity index (χ0v) is 18.9. The Labute approximate surface area is 183 Å². The number of carbonyl (C=O) groups is 2. The van der Waals surface area contributed by atoms with Gasteiger partial charge in [-0.3, -0.25) is 9.59 Å². The Bertz CT molecular complexity index is 942. The average molecular weight is 427 g/mol. The molecule has 2 aromatic rings. The maximum absolute atomic E-state index is 13.1. The number of amides is 2. The van der Waals surface area contributed by atoms with Gasteiger partial charge in [0, 0.05) is 26.2 Å². The Morgan fingerprint density at radius 2 is 1.39 bits per heavy atom. The Morgan fingerprint density at radius 3 is 1.97 bits per heavy atom. The third-order valence-electron chi connectivity index (χ3n) is 5.77. The molecular formula is C24H30N2O5. The van der Waals surface area contributed by atoms with Gasteiger partial charge in [-0.05, 0) is 49.6 Å². The summed E-state index contributed by atoms with van der Waals surface area (Å²) in [6, 6.07) is 9.30. The van der Waals surface area contributed by atoms with Gasteiger partial charge in [-0.25, -0.2) is 0 Å². The van der Waals surface area contributed by atoms with Crippen LogP contribution in [-0.4, -0.2) is 68.6 Å². The molecular weight excluding hydrogens is 396 g/mol. The molecule has 166 valence electrons. The third kappa shape index (κ3) is 4.76. The fourth-order valence-corrected chi connectivity index (χ4v) is 3.75. The summed E-state index contributed by atoms with van der Waals surface area (Å²) in [5.41, 5.74) is 3.60. The molecule has 31 heavy (non-hydrogen) atoms. The van der Waals surface area contributed by atoms with Gasteiger partial charge >= 0.3 is 0 Å². The maximum atomic E-state index is 13.1. The summed E-state index contributed by atoms with van der Waals surface area (Å²) in [4.78, 5) is 29.2. The quantitative estimate of drug-likeness (QED) is 0.710. The molecule has 2 aromatic carbocycles.